The molecule has 1 heterocycles. The summed E-state index contributed by atoms with van der Waals surface area (Å²) in [4.78, 5) is 13.5. The molecule has 0 saturated carbocycles. The highest BCUT2D eigenvalue weighted by atomic mass is 35.5. The molecule has 1 saturated heterocycles. The molecular weight excluding hydrogens is 186 g/mol. The molecule has 1 aliphatic heterocycles. The normalized spacial score (nSPS) is 21.6. The molecule has 76 valence electrons. The Labute approximate surface area is 85.2 Å². The van der Waals surface area contributed by atoms with Gasteiger partial charge in [-0.1, -0.05) is 13.8 Å². The van der Waals surface area contributed by atoms with Crippen LogP contribution in [0.2, 0.25) is 0 Å². The Kier molecular flexibility index (Phi) is 4.04. The smallest absolute Gasteiger partial charge is 0.240 e. The summed E-state index contributed by atoms with van der Waals surface area (Å²) in [7, 11) is 0. The van der Waals surface area contributed by atoms with Gasteiger partial charge in [0.2, 0.25) is 5.91 Å². The number of alkyl halides is 1. The number of hydrogen-bond donors (Lipinski definition) is 0. The maximum absolute atomic E-state index is 11.6. The predicted octanol–water partition coefficient (Wildman–Crippen LogP) is 2.26. The second kappa shape index (κ2) is 4.85. The highest BCUT2D eigenvalue weighted by Crippen LogP contribution is 2.18. The summed E-state index contributed by atoms with van der Waals surface area (Å²) in [5, 5.41) is -0.312. The van der Waals surface area contributed by atoms with Crippen LogP contribution in [0.15, 0.2) is 0 Å². The molecule has 1 atom stereocenters. The SMILES string of the molecule is CCC(Cl)C(=O)N1CCC(C)CC1. The zero-order valence-electron chi connectivity index (χ0n) is 8.42. The lowest BCUT2D eigenvalue weighted by Crippen LogP contribution is -2.41. The van der Waals surface area contributed by atoms with Crippen molar-refractivity contribution in [2.24, 2.45) is 5.92 Å². The first-order valence-corrected chi connectivity index (χ1v) is 5.51. The Morgan fingerprint density at radius 2 is 2.08 bits per heavy atom. The van der Waals surface area contributed by atoms with Crippen molar-refractivity contribution in [3.63, 3.8) is 0 Å². The van der Waals surface area contributed by atoms with E-state index < -0.39 is 0 Å². The second-order valence-corrected chi connectivity index (χ2v) is 4.41. The molecule has 1 fully saturated rings. The van der Waals surface area contributed by atoms with E-state index in [9.17, 15) is 4.79 Å². The Morgan fingerprint density at radius 1 is 1.54 bits per heavy atom. The van der Waals surface area contributed by atoms with Crippen molar-refractivity contribution >= 4 is 17.5 Å². The van der Waals surface area contributed by atoms with Crippen LogP contribution in [0.5, 0.6) is 0 Å². The van der Waals surface area contributed by atoms with E-state index in [1.165, 1.54) is 0 Å². The number of likely N-dealkylation sites (tertiary alicyclic amines) is 1. The monoisotopic (exact) mass is 203 g/mol. The molecule has 0 aromatic heterocycles. The molecule has 2 nitrogen and oxygen atoms in total. The molecule has 0 aliphatic carbocycles. The summed E-state index contributed by atoms with van der Waals surface area (Å²) in [5.41, 5.74) is 0. The van der Waals surface area contributed by atoms with E-state index in [-0.39, 0.29) is 11.3 Å². The average molecular weight is 204 g/mol. The van der Waals surface area contributed by atoms with Crippen LogP contribution in [-0.2, 0) is 4.79 Å². The number of halogens is 1. The molecule has 1 rings (SSSR count). The van der Waals surface area contributed by atoms with Crippen LogP contribution in [0.25, 0.3) is 0 Å². The molecule has 13 heavy (non-hydrogen) atoms. The first-order valence-electron chi connectivity index (χ1n) is 5.08. The van der Waals surface area contributed by atoms with Gasteiger partial charge < -0.3 is 4.90 Å². The lowest BCUT2D eigenvalue weighted by Gasteiger charge is -2.31. The van der Waals surface area contributed by atoms with Gasteiger partial charge in [0.05, 0.1) is 0 Å². The topological polar surface area (TPSA) is 20.3 Å². The van der Waals surface area contributed by atoms with E-state index in [0.29, 0.717) is 0 Å². The molecule has 0 bridgehead atoms. The summed E-state index contributed by atoms with van der Waals surface area (Å²) in [6.45, 7) is 5.97. The van der Waals surface area contributed by atoms with Crippen molar-refractivity contribution < 1.29 is 4.79 Å². The first kappa shape index (κ1) is 10.8. The van der Waals surface area contributed by atoms with Crippen LogP contribution in [0.4, 0.5) is 0 Å². The lowest BCUT2D eigenvalue weighted by atomic mass is 9.99. The fourth-order valence-corrected chi connectivity index (χ4v) is 1.74. The van der Waals surface area contributed by atoms with E-state index >= 15 is 0 Å². The standard InChI is InChI=1S/C10H18ClNO/c1-3-9(11)10(13)12-6-4-8(2)5-7-12/h8-9H,3-7H2,1-2H3. The minimum Gasteiger partial charge on any atom is -0.341 e. The van der Waals surface area contributed by atoms with Crippen LogP contribution in [0.1, 0.15) is 33.1 Å². The molecule has 1 unspecified atom stereocenters. The molecule has 3 heteroatoms. The van der Waals surface area contributed by atoms with Gasteiger partial charge in [-0.3, -0.25) is 4.79 Å². The Bertz CT molecular complexity index is 176. The van der Waals surface area contributed by atoms with Crippen LogP contribution in [-0.4, -0.2) is 29.3 Å². The van der Waals surface area contributed by atoms with Crippen molar-refractivity contribution in [1.29, 1.82) is 0 Å². The third-order valence-electron chi connectivity index (χ3n) is 2.72. The fourth-order valence-electron chi connectivity index (χ4n) is 1.60. The minimum atomic E-state index is -0.312. The number of rotatable bonds is 2. The molecule has 0 spiro atoms. The Balaban J connectivity index is 2.40. The van der Waals surface area contributed by atoms with Gasteiger partial charge in [0.25, 0.3) is 0 Å². The summed E-state index contributed by atoms with van der Waals surface area (Å²) >= 11 is 5.89. The Hall–Kier alpha value is -0.240. The number of hydrogen-bond acceptors (Lipinski definition) is 1. The molecule has 1 aliphatic rings. The highest BCUT2D eigenvalue weighted by Gasteiger charge is 2.24. The third-order valence-corrected chi connectivity index (χ3v) is 3.22. The number of nitrogens with zero attached hydrogens (tertiary/aromatic N) is 1. The van der Waals surface area contributed by atoms with Gasteiger partial charge >= 0.3 is 0 Å². The second-order valence-electron chi connectivity index (χ2n) is 3.88. The van der Waals surface area contributed by atoms with Gasteiger partial charge in [-0.2, -0.15) is 0 Å². The fraction of sp³-hybridized carbons (Fsp3) is 0.900. The number of amides is 1. The lowest BCUT2D eigenvalue weighted by molar-refractivity contribution is -0.132. The van der Waals surface area contributed by atoms with Gasteiger partial charge in [0.15, 0.2) is 0 Å². The minimum absolute atomic E-state index is 0.121. The summed E-state index contributed by atoms with van der Waals surface area (Å²) < 4.78 is 0. The van der Waals surface area contributed by atoms with E-state index in [4.69, 9.17) is 11.6 Å². The largest absolute Gasteiger partial charge is 0.341 e. The number of carbonyl (C=O) groups excluding carboxylic acids is 1. The molecule has 0 radical (unpaired) electrons. The van der Waals surface area contributed by atoms with Gasteiger partial charge in [0.1, 0.15) is 5.38 Å². The van der Waals surface area contributed by atoms with Crippen molar-refractivity contribution in [2.75, 3.05) is 13.1 Å². The summed E-state index contributed by atoms with van der Waals surface area (Å²) in [5.74, 6) is 0.885. The maximum Gasteiger partial charge on any atom is 0.240 e. The van der Waals surface area contributed by atoms with Crippen molar-refractivity contribution in [1.82, 2.24) is 4.90 Å². The summed E-state index contributed by atoms with van der Waals surface area (Å²) in [6.07, 6.45) is 2.98. The first-order chi connectivity index (χ1) is 6.15. The zero-order valence-corrected chi connectivity index (χ0v) is 9.18. The van der Waals surface area contributed by atoms with Crippen LogP contribution in [0, 0.1) is 5.92 Å². The molecule has 0 aromatic carbocycles. The average Bonchev–Trinajstić information content (AvgIpc) is 2.17. The Morgan fingerprint density at radius 3 is 2.54 bits per heavy atom. The summed E-state index contributed by atoms with van der Waals surface area (Å²) in [6, 6.07) is 0. The van der Waals surface area contributed by atoms with Crippen molar-refractivity contribution in [2.45, 2.75) is 38.5 Å². The van der Waals surface area contributed by atoms with Crippen LogP contribution < -0.4 is 0 Å². The quantitative estimate of drug-likeness (QED) is 0.631. The van der Waals surface area contributed by atoms with E-state index in [1.54, 1.807) is 0 Å². The highest BCUT2D eigenvalue weighted by molar-refractivity contribution is 6.30. The number of piperidine rings is 1. The molecule has 0 N–H and O–H groups in total. The zero-order chi connectivity index (χ0) is 9.84. The van der Waals surface area contributed by atoms with Gasteiger partial charge in [0, 0.05) is 13.1 Å². The van der Waals surface area contributed by atoms with Gasteiger partial charge in [-0.15, -0.1) is 11.6 Å². The van der Waals surface area contributed by atoms with E-state index in [0.717, 1.165) is 38.3 Å². The van der Waals surface area contributed by atoms with Crippen molar-refractivity contribution in [3.05, 3.63) is 0 Å². The van der Waals surface area contributed by atoms with Gasteiger partial charge in [-0.25, -0.2) is 0 Å². The predicted molar refractivity (Wildman–Crippen MR) is 54.9 cm³/mol. The number of carbonyl (C=O) groups is 1. The molecule has 1 amide bonds. The van der Waals surface area contributed by atoms with Gasteiger partial charge in [-0.05, 0) is 25.2 Å². The van der Waals surface area contributed by atoms with E-state index in [2.05, 4.69) is 6.92 Å². The van der Waals surface area contributed by atoms with E-state index in [1.807, 2.05) is 11.8 Å². The van der Waals surface area contributed by atoms with Crippen LogP contribution in [0.3, 0.4) is 0 Å². The van der Waals surface area contributed by atoms with Crippen molar-refractivity contribution in [3.8, 4) is 0 Å². The molecular formula is C10H18ClNO. The molecule has 0 aromatic rings. The third kappa shape index (κ3) is 2.87. The van der Waals surface area contributed by atoms with Crippen LogP contribution >= 0.6 is 11.6 Å². The maximum atomic E-state index is 11.6.